The van der Waals surface area contributed by atoms with Crippen LogP contribution in [0.5, 0.6) is 5.75 Å². The Bertz CT molecular complexity index is 1370. The summed E-state index contributed by atoms with van der Waals surface area (Å²) in [5.74, 6) is 0.818. The number of ether oxygens (including phenoxy) is 1. The topological polar surface area (TPSA) is 64.6 Å². The van der Waals surface area contributed by atoms with Gasteiger partial charge >= 0.3 is 0 Å². The van der Waals surface area contributed by atoms with E-state index in [4.69, 9.17) is 4.74 Å². The summed E-state index contributed by atoms with van der Waals surface area (Å²) in [4.78, 5) is 12.9. The minimum atomic E-state index is -0.551. The van der Waals surface area contributed by atoms with Gasteiger partial charge in [0, 0.05) is 65.6 Å². The first-order chi connectivity index (χ1) is 17.2. The van der Waals surface area contributed by atoms with Crippen molar-refractivity contribution in [2.24, 2.45) is 0 Å². The Morgan fingerprint density at radius 2 is 1.74 bits per heavy atom. The minimum Gasteiger partial charge on any atom is -0.490 e. The molecule has 7 rings (SSSR count). The summed E-state index contributed by atoms with van der Waals surface area (Å²) in [5.41, 5.74) is 4.47. The summed E-state index contributed by atoms with van der Waals surface area (Å²) in [6.45, 7) is 4.81. The van der Waals surface area contributed by atoms with Gasteiger partial charge in [0.05, 0.1) is 5.52 Å². The van der Waals surface area contributed by atoms with E-state index in [2.05, 4.69) is 62.3 Å². The lowest BCUT2D eigenvalue weighted by molar-refractivity contribution is 0.0409. The van der Waals surface area contributed by atoms with Crippen LogP contribution < -0.4 is 9.64 Å². The molecule has 2 aromatic heterocycles. The summed E-state index contributed by atoms with van der Waals surface area (Å²) in [7, 11) is 0. The molecule has 0 saturated carbocycles. The number of aliphatic hydroxyl groups excluding tert-OH is 1. The van der Waals surface area contributed by atoms with Crippen LogP contribution in [-0.4, -0.2) is 64.4 Å². The number of H-pyrrole nitrogens is 1. The van der Waals surface area contributed by atoms with Gasteiger partial charge in [0.15, 0.2) is 0 Å². The third-order valence-corrected chi connectivity index (χ3v) is 7.36. The number of aromatic amines is 1. The van der Waals surface area contributed by atoms with Crippen LogP contribution in [0.4, 0.5) is 5.69 Å². The molecule has 1 fully saturated rings. The zero-order chi connectivity index (χ0) is 23.8. The summed E-state index contributed by atoms with van der Waals surface area (Å²) in [5, 5.41) is 13.2. The number of nitrogens with zero attached hydrogens (tertiary/aromatic N) is 3. The molecule has 0 radical (unpaired) electrons. The van der Waals surface area contributed by atoms with Gasteiger partial charge < -0.3 is 19.7 Å². The van der Waals surface area contributed by atoms with Gasteiger partial charge in [-0.25, -0.2) is 0 Å². The van der Waals surface area contributed by atoms with Gasteiger partial charge in [-0.15, -0.1) is 0 Å². The van der Waals surface area contributed by atoms with Crippen molar-refractivity contribution in [3.8, 4) is 5.75 Å². The number of hydrogen-bond acceptors (Lipinski definition) is 5. The van der Waals surface area contributed by atoms with E-state index < -0.39 is 6.10 Å². The molecule has 0 amide bonds. The van der Waals surface area contributed by atoms with Crippen molar-refractivity contribution in [1.82, 2.24) is 14.9 Å². The molecule has 0 aliphatic carbocycles. The zero-order valence-electron chi connectivity index (χ0n) is 21.6. The zero-order valence-corrected chi connectivity index (χ0v) is 24.6. The fourth-order valence-corrected chi connectivity index (χ4v) is 5.70. The lowest BCUT2D eigenvalue weighted by atomic mass is 9.95. The van der Waals surface area contributed by atoms with Gasteiger partial charge in [-0.2, -0.15) is 40.5 Å². The third kappa shape index (κ3) is 6.89. The summed E-state index contributed by atoms with van der Waals surface area (Å²) in [6, 6.07) is 19.4. The predicted octanol–water partition coefficient (Wildman–Crippen LogP) is 5.65. The number of aliphatic hydroxyl groups is 1. The van der Waals surface area contributed by atoms with E-state index in [1.807, 2.05) is 37.4 Å². The van der Waals surface area contributed by atoms with Crippen LogP contribution in [0.15, 0.2) is 72.9 Å². The van der Waals surface area contributed by atoms with Gasteiger partial charge in [-0.3, -0.25) is 9.88 Å². The fourth-order valence-electron chi connectivity index (χ4n) is 5.70. The maximum atomic E-state index is 10.9. The van der Waals surface area contributed by atoms with Crippen LogP contribution in [0.25, 0.3) is 21.8 Å². The summed E-state index contributed by atoms with van der Waals surface area (Å²) < 4.78 is 6.08. The molecule has 3 atom stereocenters. The molecule has 0 unspecified atom stereocenters. The quantitative estimate of drug-likeness (QED) is 0.286. The molecule has 2 aromatic carbocycles. The first-order valence-electron chi connectivity index (χ1n) is 12.5. The Morgan fingerprint density at radius 1 is 0.974 bits per heavy atom. The second-order valence-corrected chi connectivity index (χ2v) is 9.84. The van der Waals surface area contributed by atoms with Crippen molar-refractivity contribution >= 4 is 68.0 Å². The molecule has 0 spiro atoms. The van der Waals surface area contributed by atoms with Crippen molar-refractivity contribution in [2.75, 3.05) is 31.1 Å². The molecule has 39 heavy (non-hydrogen) atoms. The molecule has 1 saturated heterocycles. The van der Waals surface area contributed by atoms with Crippen LogP contribution in [0, 0.1) is 6.92 Å². The monoisotopic (exact) mass is 586 g/mol. The first kappa shape index (κ1) is 32.9. The predicted molar refractivity (Wildman–Crippen MR) is 179 cm³/mol. The van der Waals surface area contributed by atoms with Crippen molar-refractivity contribution < 1.29 is 9.84 Å². The van der Waals surface area contributed by atoms with E-state index >= 15 is 0 Å². The normalized spacial score (nSPS) is 20.0. The van der Waals surface area contributed by atoms with E-state index in [-0.39, 0.29) is 54.5 Å². The molecule has 6 nitrogen and oxygen atoms in total. The van der Waals surface area contributed by atoms with E-state index in [0.29, 0.717) is 18.6 Å². The van der Waals surface area contributed by atoms with Crippen LogP contribution in [-0.2, 0) is 0 Å². The largest absolute Gasteiger partial charge is 0.490 e. The smallest absolute Gasteiger partial charge is 0.128 e. The molecule has 3 aliphatic rings. The molecule has 212 valence electrons. The van der Waals surface area contributed by atoms with Crippen LogP contribution in [0.2, 0.25) is 0 Å². The van der Waals surface area contributed by atoms with Crippen LogP contribution in [0.3, 0.4) is 0 Å². The van der Waals surface area contributed by atoms with Crippen LogP contribution in [0.1, 0.15) is 26.0 Å². The number of hydrogen-bond donors (Lipinski definition) is 2. The standard InChI is InChI=1S/C29H32N4O2.CH4.3H2S/c1-20-15-25-27(31-20)11-5-13-29(25)35-19-23(34)18-32-16-22-8-3-2-7-21(32)17-33(22)28-12-4-10-26-24(28)9-6-14-30-26;;;;/h2-6,9-15,21-23,31,34H,7-8,16-19H2,1H3;1H4;3*1H2/b3-2-;;;;/t21-,22-,23-;;;;/m0..../s1. The highest BCUT2D eigenvalue weighted by atomic mass is 32.1. The highest BCUT2D eigenvalue weighted by molar-refractivity contribution is 7.59. The second-order valence-electron chi connectivity index (χ2n) is 9.84. The van der Waals surface area contributed by atoms with Gasteiger partial charge in [-0.1, -0.05) is 31.7 Å². The maximum Gasteiger partial charge on any atom is 0.128 e. The average molecular weight is 587 g/mol. The molecule has 4 aromatic rings. The van der Waals surface area contributed by atoms with Gasteiger partial charge in [0.2, 0.25) is 0 Å². The highest BCUT2D eigenvalue weighted by Gasteiger charge is 2.35. The van der Waals surface area contributed by atoms with Crippen molar-refractivity contribution in [2.45, 2.75) is 45.4 Å². The van der Waals surface area contributed by atoms with Gasteiger partial charge in [0.1, 0.15) is 18.5 Å². The van der Waals surface area contributed by atoms with E-state index in [1.165, 1.54) is 11.1 Å². The van der Waals surface area contributed by atoms with Crippen molar-refractivity contribution in [1.29, 1.82) is 0 Å². The Labute approximate surface area is 252 Å². The molecule has 2 bridgehead atoms. The lowest BCUT2D eigenvalue weighted by Crippen LogP contribution is -2.60. The Balaban J connectivity index is 0.00000133. The number of aryl methyl sites for hydroxylation is 1. The SMILES string of the molecule is C.Cc1cc2c(OC[C@@H](O)CN3C[C@@H]4C/C=C\C[C@H]3CN4c3cccc4ncccc34)cccc2[nH]1.S.S.S. The summed E-state index contributed by atoms with van der Waals surface area (Å²) in [6.07, 6.45) is 7.93. The number of rotatable bonds is 6. The average Bonchev–Trinajstić information content (AvgIpc) is 3.24. The lowest BCUT2D eigenvalue weighted by Gasteiger charge is -2.49. The van der Waals surface area contributed by atoms with Gasteiger partial charge in [-0.05, 0) is 62.2 Å². The van der Waals surface area contributed by atoms with E-state index in [1.54, 1.807) is 0 Å². The van der Waals surface area contributed by atoms with E-state index in [9.17, 15) is 5.11 Å². The minimum absolute atomic E-state index is 0. The number of pyridine rings is 1. The molecule has 5 heterocycles. The Morgan fingerprint density at radius 3 is 2.56 bits per heavy atom. The van der Waals surface area contributed by atoms with Crippen LogP contribution >= 0.6 is 40.5 Å². The molecular formula is C30H42N4O2S3. The summed E-state index contributed by atoms with van der Waals surface area (Å²) >= 11 is 0. The molecule has 2 N–H and O–H groups in total. The molecule has 3 aliphatic heterocycles. The fraction of sp³-hybridized carbons (Fsp3) is 0.367. The molecule has 9 heteroatoms. The van der Waals surface area contributed by atoms with Crippen molar-refractivity contribution in [3.05, 3.63) is 78.6 Å². The Kier molecular flexibility index (Phi) is 12.1. The molecular weight excluding hydrogens is 545 g/mol. The number of benzene rings is 2. The van der Waals surface area contributed by atoms with Gasteiger partial charge in [0.25, 0.3) is 0 Å². The number of aromatic nitrogens is 2. The third-order valence-electron chi connectivity index (χ3n) is 7.36. The number of piperazine rings is 1. The van der Waals surface area contributed by atoms with E-state index in [0.717, 1.165) is 53.8 Å². The maximum absolute atomic E-state index is 10.9. The van der Waals surface area contributed by atoms with Crippen molar-refractivity contribution in [3.63, 3.8) is 0 Å². The number of nitrogens with one attached hydrogen (secondary N) is 1. The second kappa shape index (κ2) is 14.4. The first-order valence-corrected chi connectivity index (χ1v) is 12.5. The Hall–Kier alpha value is -2.30. The number of fused-ring (bicyclic) bond motifs is 6. The number of anilines is 1. The highest BCUT2D eigenvalue weighted by Crippen LogP contribution is 2.33.